The topological polar surface area (TPSA) is 40.9 Å². The third-order valence-electron chi connectivity index (χ3n) is 2.20. The molecule has 3 heteroatoms. The average molecular weight is 239 g/mol. The van der Waals surface area contributed by atoms with Gasteiger partial charge in [0.15, 0.2) is 0 Å². The van der Waals surface area contributed by atoms with Gasteiger partial charge in [0.25, 0.3) is 0 Å². The summed E-state index contributed by atoms with van der Waals surface area (Å²) in [5.41, 5.74) is 1.17. The van der Waals surface area contributed by atoms with Crippen molar-refractivity contribution in [3.05, 3.63) is 65.7 Å². The summed E-state index contributed by atoms with van der Waals surface area (Å²) in [6.45, 7) is 0. The molecule has 2 aromatic rings. The molecule has 0 N–H and O–H groups in total. The first kappa shape index (κ1) is 11.4. The molecule has 0 amide bonds. The van der Waals surface area contributed by atoms with Crippen molar-refractivity contribution in [2.24, 2.45) is 0 Å². The summed E-state index contributed by atoms with van der Waals surface area (Å²) >= 11 is 1.19. The molecule has 0 unspecified atom stereocenters. The quantitative estimate of drug-likeness (QED) is 0.753. The summed E-state index contributed by atoms with van der Waals surface area (Å²) in [6.07, 6.45) is 0. The lowest BCUT2D eigenvalue weighted by Gasteiger charge is -2.00. The van der Waals surface area contributed by atoms with Gasteiger partial charge in [-0.2, -0.15) is 5.26 Å². The molecule has 0 bridgehead atoms. The summed E-state index contributed by atoms with van der Waals surface area (Å²) in [5.74, 6) is 0. The Bertz CT molecular complexity index is 555. The van der Waals surface area contributed by atoms with Crippen molar-refractivity contribution in [1.82, 2.24) is 0 Å². The first-order valence-electron chi connectivity index (χ1n) is 5.07. The van der Waals surface area contributed by atoms with Gasteiger partial charge in [0, 0.05) is 10.5 Å². The third kappa shape index (κ3) is 2.96. The van der Waals surface area contributed by atoms with Crippen molar-refractivity contribution in [1.29, 1.82) is 5.26 Å². The zero-order valence-corrected chi connectivity index (χ0v) is 9.78. The Morgan fingerprint density at radius 2 is 1.65 bits per heavy atom. The molecule has 0 atom stereocenters. The fourth-order valence-corrected chi connectivity index (χ4v) is 2.10. The van der Waals surface area contributed by atoms with Crippen molar-refractivity contribution in [2.45, 2.75) is 4.90 Å². The van der Waals surface area contributed by atoms with Crippen LogP contribution in [0, 0.1) is 11.3 Å². The van der Waals surface area contributed by atoms with E-state index in [0.717, 1.165) is 4.90 Å². The van der Waals surface area contributed by atoms with Gasteiger partial charge in [0.05, 0.1) is 11.6 Å². The minimum Gasteiger partial charge on any atom is -0.281 e. The predicted octanol–water partition coefficient (Wildman–Crippen LogP) is 3.49. The number of hydrogen-bond acceptors (Lipinski definition) is 3. The Morgan fingerprint density at radius 1 is 1.00 bits per heavy atom. The minimum atomic E-state index is -0.0133. The zero-order valence-electron chi connectivity index (χ0n) is 8.96. The molecular formula is C14H9NOS. The maximum atomic E-state index is 11.9. The van der Waals surface area contributed by atoms with Crippen molar-refractivity contribution >= 4 is 16.9 Å². The number of carbonyl (C=O) groups is 1. The van der Waals surface area contributed by atoms with Crippen molar-refractivity contribution in [2.75, 3.05) is 0 Å². The smallest absolute Gasteiger partial charge is 0.224 e. The van der Waals surface area contributed by atoms with Gasteiger partial charge in [-0.1, -0.05) is 18.2 Å². The number of thioether (sulfide) groups is 1. The lowest BCUT2D eigenvalue weighted by Crippen LogP contribution is -1.92. The molecule has 0 saturated carbocycles. The number of nitriles is 1. The van der Waals surface area contributed by atoms with E-state index >= 15 is 0 Å². The summed E-state index contributed by atoms with van der Waals surface area (Å²) in [4.78, 5) is 12.8. The van der Waals surface area contributed by atoms with Crippen LogP contribution in [0.5, 0.6) is 0 Å². The highest BCUT2D eigenvalue weighted by atomic mass is 32.2. The van der Waals surface area contributed by atoms with E-state index in [-0.39, 0.29) is 5.12 Å². The zero-order chi connectivity index (χ0) is 12.1. The number of nitrogens with zero attached hydrogens (tertiary/aromatic N) is 1. The second-order valence-electron chi connectivity index (χ2n) is 3.39. The van der Waals surface area contributed by atoms with Crippen LogP contribution in [0.4, 0.5) is 0 Å². The maximum Gasteiger partial charge on any atom is 0.224 e. The third-order valence-corrected chi connectivity index (χ3v) is 3.13. The molecule has 0 aromatic heterocycles. The van der Waals surface area contributed by atoms with Crippen LogP contribution in [0.2, 0.25) is 0 Å². The SMILES string of the molecule is N#Cc1ccc(C(=O)Sc2ccccc2)cc1. The molecule has 17 heavy (non-hydrogen) atoms. The molecule has 2 nitrogen and oxygen atoms in total. The normalized spacial score (nSPS) is 9.59. The molecule has 0 radical (unpaired) electrons. The summed E-state index contributed by atoms with van der Waals surface area (Å²) in [6, 6.07) is 18.2. The van der Waals surface area contributed by atoms with Crippen molar-refractivity contribution in [3.8, 4) is 6.07 Å². The second-order valence-corrected chi connectivity index (χ2v) is 4.44. The summed E-state index contributed by atoms with van der Waals surface area (Å²) < 4.78 is 0. The van der Waals surface area contributed by atoms with E-state index in [9.17, 15) is 4.79 Å². The Kier molecular flexibility index (Phi) is 3.59. The molecule has 0 aliphatic heterocycles. The minimum absolute atomic E-state index is 0.0133. The van der Waals surface area contributed by atoms with Gasteiger partial charge in [0.1, 0.15) is 0 Å². The Morgan fingerprint density at radius 3 is 2.24 bits per heavy atom. The van der Waals surface area contributed by atoms with Crippen molar-refractivity contribution in [3.63, 3.8) is 0 Å². The first-order chi connectivity index (χ1) is 8.29. The summed E-state index contributed by atoms with van der Waals surface area (Å²) in [7, 11) is 0. The standard InChI is InChI=1S/C14H9NOS/c15-10-11-6-8-12(9-7-11)14(16)17-13-4-2-1-3-5-13/h1-9H. The van der Waals surface area contributed by atoms with E-state index in [0.29, 0.717) is 11.1 Å². The van der Waals surface area contributed by atoms with Gasteiger partial charge >= 0.3 is 0 Å². The monoisotopic (exact) mass is 239 g/mol. The number of rotatable bonds is 2. The van der Waals surface area contributed by atoms with E-state index in [2.05, 4.69) is 0 Å². The molecule has 0 aliphatic rings. The van der Waals surface area contributed by atoms with Crippen LogP contribution < -0.4 is 0 Å². The van der Waals surface area contributed by atoms with E-state index < -0.39 is 0 Å². The molecule has 2 rings (SSSR count). The van der Waals surface area contributed by atoms with Crippen LogP contribution >= 0.6 is 11.8 Å². The van der Waals surface area contributed by atoms with Gasteiger partial charge in [-0.15, -0.1) is 0 Å². The number of carbonyl (C=O) groups excluding carboxylic acids is 1. The fraction of sp³-hybridized carbons (Fsp3) is 0. The Labute approximate surface area is 104 Å². The Hall–Kier alpha value is -2.05. The lowest BCUT2D eigenvalue weighted by atomic mass is 10.2. The number of benzene rings is 2. The maximum absolute atomic E-state index is 11.9. The average Bonchev–Trinajstić information content (AvgIpc) is 2.40. The van der Waals surface area contributed by atoms with Crippen LogP contribution in [-0.4, -0.2) is 5.12 Å². The van der Waals surface area contributed by atoms with Gasteiger partial charge in [-0.25, -0.2) is 0 Å². The molecule has 0 heterocycles. The largest absolute Gasteiger partial charge is 0.281 e. The Balaban J connectivity index is 2.13. The summed E-state index contributed by atoms with van der Waals surface area (Å²) in [5, 5.41) is 8.65. The van der Waals surface area contributed by atoms with Gasteiger partial charge < -0.3 is 0 Å². The van der Waals surface area contributed by atoms with Crippen LogP contribution in [0.1, 0.15) is 15.9 Å². The highest BCUT2D eigenvalue weighted by molar-refractivity contribution is 8.14. The van der Waals surface area contributed by atoms with E-state index in [1.165, 1.54) is 11.8 Å². The molecule has 82 valence electrons. The van der Waals surface area contributed by atoms with Gasteiger partial charge in [-0.3, -0.25) is 4.79 Å². The van der Waals surface area contributed by atoms with Crippen LogP contribution in [0.25, 0.3) is 0 Å². The van der Waals surface area contributed by atoms with Crippen LogP contribution in [-0.2, 0) is 0 Å². The van der Waals surface area contributed by atoms with Crippen LogP contribution in [0.15, 0.2) is 59.5 Å². The van der Waals surface area contributed by atoms with Crippen molar-refractivity contribution < 1.29 is 4.79 Å². The second kappa shape index (κ2) is 5.33. The molecular weight excluding hydrogens is 230 g/mol. The highest BCUT2D eigenvalue weighted by Gasteiger charge is 2.07. The highest BCUT2D eigenvalue weighted by Crippen LogP contribution is 2.22. The molecule has 0 aliphatic carbocycles. The van der Waals surface area contributed by atoms with E-state index in [1.807, 2.05) is 36.4 Å². The number of hydrogen-bond donors (Lipinski definition) is 0. The van der Waals surface area contributed by atoms with E-state index in [4.69, 9.17) is 5.26 Å². The predicted molar refractivity (Wildman–Crippen MR) is 67.8 cm³/mol. The fourth-order valence-electron chi connectivity index (χ4n) is 1.34. The van der Waals surface area contributed by atoms with Gasteiger partial charge in [-0.05, 0) is 48.2 Å². The molecule has 0 spiro atoms. The molecule has 0 fully saturated rings. The van der Waals surface area contributed by atoms with Crippen LogP contribution in [0.3, 0.4) is 0 Å². The van der Waals surface area contributed by atoms with E-state index in [1.54, 1.807) is 24.3 Å². The lowest BCUT2D eigenvalue weighted by molar-refractivity contribution is 0.108. The molecule has 0 saturated heterocycles. The molecule has 2 aromatic carbocycles. The first-order valence-corrected chi connectivity index (χ1v) is 5.88. The van der Waals surface area contributed by atoms with Gasteiger partial charge in [0.2, 0.25) is 5.12 Å².